The fourth-order valence-electron chi connectivity index (χ4n) is 2.10. The predicted octanol–water partition coefficient (Wildman–Crippen LogP) is 1.31. The van der Waals surface area contributed by atoms with Gasteiger partial charge in [0.15, 0.2) is 6.19 Å². The molecule has 2 rings (SSSR count). The highest BCUT2D eigenvalue weighted by molar-refractivity contribution is 5.94. The molecule has 0 aromatic heterocycles. The van der Waals surface area contributed by atoms with E-state index in [0.29, 0.717) is 25.2 Å². The Morgan fingerprint density at radius 2 is 2.06 bits per heavy atom. The lowest BCUT2D eigenvalue weighted by molar-refractivity contribution is 0.0568. The van der Waals surface area contributed by atoms with Gasteiger partial charge in [0.05, 0.1) is 0 Å². The first-order valence-electron chi connectivity index (χ1n) is 5.73. The second kappa shape index (κ2) is 4.88. The summed E-state index contributed by atoms with van der Waals surface area (Å²) in [5, 5.41) is 8.82. The maximum Gasteiger partial charge on any atom is 0.254 e. The number of rotatable bonds is 1. The molecule has 0 bridgehead atoms. The summed E-state index contributed by atoms with van der Waals surface area (Å²) in [6.07, 6.45) is 2.13. The molecule has 1 heterocycles. The first-order valence-corrected chi connectivity index (χ1v) is 5.73. The van der Waals surface area contributed by atoms with E-state index in [-0.39, 0.29) is 11.9 Å². The standard InChI is InChI=1S/C13H15N3O/c1-11-9-15(10-14)7-8-16(11)13(17)12-5-3-2-4-6-12/h2-6,11H,7-9H2,1H3. The van der Waals surface area contributed by atoms with E-state index < -0.39 is 0 Å². The molecule has 1 aliphatic heterocycles. The Kier molecular flexibility index (Phi) is 3.29. The number of benzene rings is 1. The number of hydrogen-bond acceptors (Lipinski definition) is 3. The summed E-state index contributed by atoms with van der Waals surface area (Å²) >= 11 is 0. The number of piperazine rings is 1. The van der Waals surface area contributed by atoms with Crippen LogP contribution >= 0.6 is 0 Å². The van der Waals surface area contributed by atoms with Crippen LogP contribution in [0.25, 0.3) is 0 Å². The second-order valence-electron chi connectivity index (χ2n) is 4.26. The summed E-state index contributed by atoms with van der Waals surface area (Å²) in [5.41, 5.74) is 0.713. The largest absolute Gasteiger partial charge is 0.332 e. The molecule has 17 heavy (non-hydrogen) atoms. The molecule has 4 heteroatoms. The van der Waals surface area contributed by atoms with Gasteiger partial charge in [-0.3, -0.25) is 4.79 Å². The topological polar surface area (TPSA) is 47.3 Å². The predicted molar refractivity (Wildman–Crippen MR) is 64.1 cm³/mol. The zero-order chi connectivity index (χ0) is 12.3. The van der Waals surface area contributed by atoms with Crippen LogP contribution in [0.4, 0.5) is 0 Å². The van der Waals surface area contributed by atoms with Gasteiger partial charge in [-0.25, -0.2) is 0 Å². The molecule has 1 aromatic carbocycles. The van der Waals surface area contributed by atoms with Gasteiger partial charge >= 0.3 is 0 Å². The SMILES string of the molecule is CC1CN(C#N)CCN1C(=O)c1ccccc1. The van der Waals surface area contributed by atoms with E-state index in [4.69, 9.17) is 5.26 Å². The van der Waals surface area contributed by atoms with Crippen LogP contribution < -0.4 is 0 Å². The highest BCUT2D eigenvalue weighted by Gasteiger charge is 2.27. The first kappa shape index (κ1) is 11.5. The molecule has 0 N–H and O–H groups in total. The van der Waals surface area contributed by atoms with Gasteiger partial charge in [0.1, 0.15) is 0 Å². The van der Waals surface area contributed by atoms with E-state index >= 15 is 0 Å². The zero-order valence-electron chi connectivity index (χ0n) is 9.84. The van der Waals surface area contributed by atoms with Crippen LogP contribution in [-0.4, -0.2) is 41.4 Å². The molecule has 0 saturated carbocycles. The molecule has 1 aliphatic rings. The molecule has 88 valence electrons. The summed E-state index contributed by atoms with van der Waals surface area (Å²) in [7, 11) is 0. The third kappa shape index (κ3) is 2.39. The maximum atomic E-state index is 12.2. The van der Waals surface area contributed by atoms with Crippen LogP contribution in [0.5, 0.6) is 0 Å². The smallest absolute Gasteiger partial charge is 0.254 e. The van der Waals surface area contributed by atoms with Gasteiger partial charge in [0.25, 0.3) is 5.91 Å². The number of carbonyl (C=O) groups excluding carboxylic acids is 1. The zero-order valence-corrected chi connectivity index (χ0v) is 9.84. The molecule has 0 aliphatic carbocycles. The van der Waals surface area contributed by atoms with Crippen molar-refractivity contribution in [2.24, 2.45) is 0 Å². The number of hydrogen-bond donors (Lipinski definition) is 0. The highest BCUT2D eigenvalue weighted by Crippen LogP contribution is 2.13. The van der Waals surface area contributed by atoms with Crippen LogP contribution in [0.15, 0.2) is 30.3 Å². The highest BCUT2D eigenvalue weighted by atomic mass is 16.2. The molecule has 1 atom stereocenters. The van der Waals surface area contributed by atoms with E-state index in [0.717, 1.165) is 0 Å². The van der Waals surface area contributed by atoms with Crippen molar-refractivity contribution >= 4 is 5.91 Å². The summed E-state index contributed by atoms with van der Waals surface area (Å²) in [5.74, 6) is 0.0516. The van der Waals surface area contributed by atoms with Crippen molar-refractivity contribution in [1.82, 2.24) is 9.80 Å². The van der Waals surface area contributed by atoms with Crippen LogP contribution in [0, 0.1) is 11.5 Å². The van der Waals surface area contributed by atoms with E-state index in [1.54, 1.807) is 4.90 Å². The van der Waals surface area contributed by atoms with Crippen molar-refractivity contribution in [2.45, 2.75) is 13.0 Å². The first-order chi connectivity index (χ1) is 8.22. The Morgan fingerprint density at radius 1 is 1.35 bits per heavy atom. The van der Waals surface area contributed by atoms with Gasteiger partial charge in [-0.15, -0.1) is 0 Å². The lowest BCUT2D eigenvalue weighted by atomic mass is 10.1. The number of nitrogens with zero attached hydrogens (tertiary/aromatic N) is 3. The molecular formula is C13H15N3O. The Hall–Kier alpha value is -2.02. The second-order valence-corrected chi connectivity index (χ2v) is 4.26. The third-order valence-corrected chi connectivity index (χ3v) is 3.05. The van der Waals surface area contributed by atoms with Gasteiger partial charge in [0, 0.05) is 31.2 Å². The molecule has 1 saturated heterocycles. The third-order valence-electron chi connectivity index (χ3n) is 3.05. The summed E-state index contributed by atoms with van der Waals surface area (Å²) in [4.78, 5) is 15.8. The van der Waals surface area contributed by atoms with Crippen molar-refractivity contribution < 1.29 is 4.79 Å². The van der Waals surface area contributed by atoms with Crippen LogP contribution in [-0.2, 0) is 0 Å². The molecule has 0 spiro atoms. The van der Waals surface area contributed by atoms with Crippen molar-refractivity contribution in [1.29, 1.82) is 5.26 Å². The van der Waals surface area contributed by atoms with E-state index in [1.807, 2.05) is 42.2 Å². The lowest BCUT2D eigenvalue weighted by Gasteiger charge is -2.37. The van der Waals surface area contributed by atoms with Crippen LogP contribution in [0.1, 0.15) is 17.3 Å². The molecule has 1 aromatic rings. The monoisotopic (exact) mass is 229 g/mol. The molecule has 1 amide bonds. The Morgan fingerprint density at radius 3 is 2.65 bits per heavy atom. The lowest BCUT2D eigenvalue weighted by Crippen LogP contribution is -2.52. The Labute approximate surface area is 101 Å². The van der Waals surface area contributed by atoms with Gasteiger partial charge in [-0.1, -0.05) is 18.2 Å². The molecule has 1 unspecified atom stereocenters. The fourth-order valence-corrected chi connectivity index (χ4v) is 2.10. The normalized spacial score (nSPS) is 19.9. The molecule has 1 fully saturated rings. The van der Waals surface area contributed by atoms with Gasteiger partial charge in [0.2, 0.25) is 0 Å². The van der Waals surface area contributed by atoms with Crippen molar-refractivity contribution in [3.05, 3.63) is 35.9 Å². The minimum atomic E-state index is 0.0516. The minimum absolute atomic E-state index is 0.0516. The maximum absolute atomic E-state index is 12.2. The summed E-state index contributed by atoms with van der Waals surface area (Å²) in [6.45, 7) is 3.83. The van der Waals surface area contributed by atoms with Crippen molar-refractivity contribution in [3.8, 4) is 6.19 Å². The average Bonchev–Trinajstić information content (AvgIpc) is 2.39. The number of amides is 1. The van der Waals surface area contributed by atoms with Gasteiger partial charge in [-0.05, 0) is 19.1 Å². The number of carbonyl (C=O) groups is 1. The van der Waals surface area contributed by atoms with Crippen molar-refractivity contribution in [2.75, 3.05) is 19.6 Å². The van der Waals surface area contributed by atoms with Crippen LogP contribution in [0.3, 0.4) is 0 Å². The van der Waals surface area contributed by atoms with E-state index in [2.05, 4.69) is 6.19 Å². The number of nitriles is 1. The summed E-state index contributed by atoms with van der Waals surface area (Å²) in [6, 6.07) is 9.36. The van der Waals surface area contributed by atoms with E-state index in [1.165, 1.54) is 0 Å². The average molecular weight is 229 g/mol. The molecule has 4 nitrogen and oxygen atoms in total. The fraction of sp³-hybridized carbons (Fsp3) is 0.385. The van der Waals surface area contributed by atoms with Gasteiger partial charge in [-0.2, -0.15) is 5.26 Å². The van der Waals surface area contributed by atoms with Crippen molar-refractivity contribution in [3.63, 3.8) is 0 Å². The Balaban J connectivity index is 2.09. The van der Waals surface area contributed by atoms with Gasteiger partial charge < -0.3 is 9.80 Å². The van der Waals surface area contributed by atoms with E-state index in [9.17, 15) is 4.79 Å². The molecule has 0 radical (unpaired) electrons. The minimum Gasteiger partial charge on any atom is -0.332 e. The van der Waals surface area contributed by atoms with Crippen LogP contribution in [0.2, 0.25) is 0 Å². The quantitative estimate of drug-likeness (QED) is 0.682. The Bertz CT molecular complexity index is 438. The molecular weight excluding hydrogens is 214 g/mol. The summed E-state index contributed by atoms with van der Waals surface area (Å²) < 4.78 is 0.